The number of carboxylic acids is 1. The summed E-state index contributed by atoms with van der Waals surface area (Å²) >= 11 is 0. The molecule has 1 N–H and O–H groups in total. The summed E-state index contributed by atoms with van der Waals surface area (Å²) in [6.07, 6.45) is 0. The Labute approximate surface area is 97.6 Å². The van der Waals surface area contributed by atoms with Gasteiger partial charge in [-0.05, 0) is 11.8 Å². The van der Waals surface area contributed by atoms with Gasteiger partial charge in [0.15, 0.2) is 0 Å². The maximum Gasteiger partial charge on any atom is 0.308 e. The van der Waals surface area contributed by atoms with Crippen LogP contribution in [0.5, 0.6) is 0 Å². The number of ether oxygens (including phenoxy) is 1. The fraction of sp³-hybridized carbons (Fsp3) is 0.917. The molecule has 0 amide bonds. The Hall–Kier alpha value is -0.610. The molecule has 94 valence electrons. The van der Waals surface area contributed by atoms with Gasteiger partial charge in [0, 0.05) is 26.2 Å². The summed E-state index contributed by atoms with van der Waals surface area (Å²) in [5.74, 6) is -0.0601. The Morgan fingerprint density at radius 3 is 2.69 bits per heavy atom. The molecule has 0 aliphatic carbocycles. The third kappa shape index (κ3) is 4.10. The van der Waals surface area contributed by atoms with Crippen molar-refractivity contribution in [2.45, 2.75) is 20.8 Å². The Morgan fingerprint density at radius 2 is 2.19 bits per heavy atom. The van der Waals surface area contributed by atoms with E-state index in [1.54, 1.807) is 0 Å². The number of likely N-dealkylation sites (tertiary alicyclic amines) is 1. The number of aliphatic carboxylic acids is 1. The molecule has 1 aliphatic rings. The second-order valence-electron chi connectivity index (χ2n) is 5.15. The van der Waals surface area contributed by atoms with Gasteiger partial charge in [-0.1, -0.05) is 20.8 Å². The highest BCUT2D eigenvalue weighted by atomic mass is 16.5. The smallest absolute Gasteiger partial charge is 0.308 e. The van der Waals surface area contributed by atoms with E-state index in [2.05, 4.69) is 18.7 Å². The molecule has 1 saturated heterocycles. The van der Waals surface area contributed by atoms with Gasteiger partial charge >= 0.3 is 5.97 Å². The molecule has 1 fully saturated rings. The van der Waals surface area contributed by atoms with Crippen LogP contribution < -0.4 is 0 Å². The summed E-state index contributed by atoms with van der Waals surface area (Å²) in [6.45, 7) is 10.1. The van der Waals surface area contributed by atoms with E-state index >= 15 is 0 Å². The lowest BCUT2D eigenvalue weighted by atomic mass is 9.99. The third-order valence-corrected chi connectivity index (χ3v) is 3.01. The predicted molar refractivity (Wildman–Crippen MR) is 62.4 cm³/mol. The minimum absolute atomic E-state index is 0.204. The van der Waals surface area contributed by atoms with Gasteiger partial charge in [0.05, 0.1) is 12.5 Å². The van der Waals surface area contributed by atoms with E-state index in [0.29, 0.717) is 19.1 Å². The average molecular weight is 229 g/mol. The number of carbonyl (C=O) groups is 1. The van der Waals surface area contributed by atoms with Crippen LogP contribution in [-0.4, -0.2) is 48.8 Å². The van der Waals surface area contributed by atoms with Crippen molar-refractivity contribution in [3.05, 3.63) is 0 Å². The van der Waals surface area contributed by atoms with Crippen molar-refractivity contribution < 1.29 is 14.6 Å². The molecule has 2 unspecified atom stereocenters. The Kier molecular flexibility index (Phi) is 5.22. The lowest BCUT2D eigenvalue weighted by molar-refractivity contribution is -0.142. The van der Waals surface area contributed by atoms with Crippen LogP contribution >= 0.6 is 0 Å². The zero-order chi connectivity index (χ0) is 12.1. The molecular formula is C12H23NO3. The van der Waals surface area contributed by atoms with Gasteiger partial charge in [0.1, 0.15) is 0 Å². The van der Waals surface area contributed by atoms with Crippen LogP contribution in [0.1, 0.15) is 20.8 Å². The fourth-order valence-electron chi connectivity index (χ4n) is 2.08. The summed E-state index contributed by atoms with van der Waals surface area (Å²) in [5, 5.41) is 8.99. The minimum atomic E-state index is -0.668. The molecule has 4 heteroatoms. The highest BCUT2D eigenvalue weighted by Crippen LogP contribution is 2.22. The molecule has 0 aromatic rings. The molecule has 16 heavy (non-hydrogen) atoms. The van der Waals surface area contributed by atoms with Gasteiger partial charge in [-0.15, -0.1) is 0 Å². The van der Waals surface area contributed by atoms with E-state index in [9.17, 15) is 4.79 Å². The van der Waals surface area contributed by atoms with Gasteiger partial charge < -0.3 is 9.84 Å². The molecule has 0 saturated carbocycles. The van der Waals surface area contributed by atoms with E-state index in [0.717, 1.165) is 19.7 Å². The van der Waals surface area contributed by atoms with Crippen LogP contribution in [0.2, 0.25) is 0 Å². The third-order valence-electron chi connectivity index (χ3n) is 3.01. The van der Waals surface area contributed by atoms with Crippen molar-refractivity contribution in [2.75, 3.05) is 32.8 Å². The molecule has 0 aromatic heterocycles. The summed E-state index contributed by atoms with van der Waals surface area (Å²) in [7, 11) is 0. The van der Waals surface area contributed by atoms with Gasteiger partial charge in [0.25, 0.3) is 0 Å². The maximum absolute atomic E-state index is 10.9. The average Bonchev–Trinajstić information content (AvgIpc) is 2.54. The summed E-state index contributed by atoms with van der Waals surface area (Å²) in [6, 6.07) is 0. The zero-order valence-electron chi connectivity index (χ0n) is 10.5. The number of nitrogens with zero attached hydrogens (tertiary/aromatic N) is 1. The van der Waals surface area contributed by atoms with Crippen LogP contribution in [-0.2, 0) is 9.53 Å². The first-order chi connectivity index (χ1) is 7.50. The first-order valence-electron chi connectivity index (χ1n) is 6.03. The number of hydrogen-bond donors (Lipinski definition) is 1. The summed E-state index contributed by atoms with van der Waals surface area (Å²) < 4.78 is 5.50. The van der Waals surface area contributed by atoms with E-state index in [1.807, 2.05) is 6.92 Å². The van der Waals surface area contributed by atoms with Crippen molar-refractivity contribution in [2.24, 2.45) is 17.8 Å². The molecule has 0 bridgehead atoms. The monoisotopic (exact) mass is 229 g/mol. The molecule has 2 atom stereocenters. The second-order valence-corrected chi connectivity index (χ2v) is 5.15. The highest BCUT2D eigenvalue weighted by Gasteiger charge is 2.34. The van der Waals surface area contributed by atoms with E-state index in [4.69, 9.17) is 9.84 Å². The molecule has 1 aliphatic heterocycles. The van der Waals surface area contributed by atoms with Gasteiger partial charge in [-0.3, -0.25) is 9.69 Å². The lowest BCUT2D eigenvalue weighted by Crippen LogP contribution is -2.27. The maximum atomic E-state index is 10.9. The predicted octanol–water partition coefficient (Wildman–Crippen LogP) is 1.31. The zero-order valence-corrected chi connectivity index (χ0v) is 10.5. The van der Waals surface area contributed by atoms with E-state index in [-0.39, 0.29) is 11.8 Å². The first kappa shape index (κ1) is 13.5. The SMILES string of the molecule is CC(C)COCCN1CC(C)C(C(=O)O)C1. The Morgan fingerprint density at radius 1 is 1.50 bits per heavy atom. The normalized spacial score (nSPS) is 26.5. The topological polar surface area (TPSA) is 49.8 Å². The van der Waals surface area contributed by atoms with Crippen LogP contribution in [0.25, 0.3) is 0 Å². The van der Waals surface area contributed by atoms with Crippen LogP contribution in [0.4, 0.5) is 0 Å². The quantitative estimate of drug-likeness (QED) is 0.698. The first-order valence-corrected chi connectivity index (χ1v) is 6.03. The van der Waals surface area contributed by atoms with E-state index < -0.39 is 5.97 Å². The van der Waals surface area contributed by atoms with Gasteiger partial charge in [-0.25, -0.2) is 0 Å². The van der Waals surface area contributed by atoms with Gasteiger partial charge in [0.2, 0.25) is 0 Å². The number of carboxylic acid groups (broad SMARTS) is 1. The fourth-order valence-corrected chi connectivity index (χ4v) is 2.08. The van der Waals surface area contributed by atoms with Crippen molar-refractivity contribution in [1.29, 1.82) is 0 Å². The lowest BCUT2D eigenvalue weighted by Gasteiger charge is -2.15. The van der Waals surface area contributed by atoms with Crippen LogP contribution in [0, 0.1) is 17.8 Å². The Balaban J connectivity index is 2.18. The van der Waals surface area contributed by atoms with E-state index in [1.165, 1.54) is 0 Å². The summed E-state index contributed by atoms with van der Waals surface area (Å²) in [4.78, 5) is 13.1. The Bertz CT molecular complexity index is 230. The molecule has 0 spiro atoms. The van der Waals surface area contributed by atoms with Crippen molar-refractivity contribution in [1.82, 2.24) is 4.90 Å². The standard InChI is InChI=1S/C12H23NO3/c1-9(2)8-16-5-4-13-6-10(3)11(7-13)12(14)15/h9-11H,4-8H2,1-3H3,(H,14,15). The van der Waals surface area contributed by atoms with Crippen molar-refractivity contribution in [3.8, 4) is 0 Å². The summed E-state index contributed by atoms with van der Waals surface area (Å²) in [5.41, 5.74) is 0. The largest absolute Gasteiger partial charge is 0.481 e. The molecule has 4 nitrogen and oxygen atoms in total. The van der Waals surface area contributed by atoms with Crippen molar-refractivity contribution >= 4 is 5.97 Å². The van der Waals surface area contributed by atoms with Crippen molar-refractivity contribution in [3.63, 3.8) is 0 Å². The number of hydrogen-bond acceptors (Lipinski definition) is 3. The van der Waals surface area contributed by atoms with Crippen LogP contribution in [0.15, 0.2) is 0 Å². The van der Waals surface area contributed by atoms with Crippen LogP contribution in [0.3, 0.4) is 0 Å². The molecule has 0 aromatic carbocycles. The molecule has 0 radical (unpaired) electrons. The molecule has 1 heterocycles. The molecular weight excluding hydrogens is 206 g/mol. The van der Waals surface area contributed by atoms with Gasteiger partial charge in [-0.2, -0.15) is 0 Å². The second kappa shape index (κ2) is 6.21. The number of rotatable bonds is 6. The molecule has 1 rings (SSSR count). The highest BCUT2D eigenvalue weighted by molar-refractivity contribution is 5.71. The minimum Gasteiger partial charge on any atom is -0.481 e.